The van der Waals surface area contributed by atoms with Crippen molar-refractivity contribution in [3.63, 3.8) is 0 Å². The van der Waals surface area contributed by atoms with E-state index in [4.69, 9.17) is 5.73 Å². The van der Waals surface area contributed by atoms with Crippen molar-refractivity contribution in [3.8, 4) is 0 Å². The molecular weight excluding hydrogens is 177 g/mol. The quantitative estimate of drug-likeness (QED) is 0.690. The second kappa shape index (κ2) is 4.61. The van der Waals surface area contributed by atoms with Crippen LogP contribution in [0.3, 0.4) is 0 Å². The highest BCUT2D eigenvalue weighted by atomic mass is 19.1. The van der Waals surface area contributed by atoms with Gasteiger partial charge in [0.05, 0.1) is 0 Å². The van der Waals surface area contributed by atoms with Crippen molar-refractivity contribution in [2.24, 2.45) is 17.6 Å². The third-order valence-electron chi connectivity index (χ3n) is 4.18. The molecule has 0 aromatic rings. The van der Waals surface area contributed by atoms with Gasteiger partial charge in [-0.1, -0.05) is 38.5 Å². The molecule has 82 valence electrons. The Labute approximate surface area is 86.2 Å². The molecule has 2 N–H and O–H groups in total. The van der Waals surface area contributed by atoms with Gasteiger partial charge in [-0.05, 0) is 24.7 Å². The maximum absolute atomic E-state index is 13.5. The summed E-state index contributed by atoms with van der Waals surface area (Å²) in [5, 5.41) is 0. The fraction of sp³-hybridized carbons (Fsp3) is 1.00. The van der Waals surface area contributed by atoms with Gasteiger partial charge in [0.15, 0.2) is 0 Å². The van der Waals surface area contributed by atoms with Crippen LogP contribution in [0.15, 0.2) is 0 Å². The summed E-state index contributed by atoms with van der Waals surface area (Å²) < 4.78 is 13.5. The van der Waals surface area contributed by atoms with Crippen LogP contribution in [0.5, 0.6) is 0 Å². The molecule has 0 heterocycles. The van der Waals surface area contributed by atoms with Gasteiger partial charge in [-0.2, -0.15) is 0 Å². The largest absolute Gasteiger partial charge is 0.325 e. The molecule has 2 fully saturated rings. The Morgan fingerprint density at radius 2 is 1.57 bits per heavy atom. The number of rotatable bonds is 1. The van der Waals surface area contributed by atoms with E-state index >= 15 is 0 Å². The van der Waals surface area contributed by atoms with Crippen molar-refractivity contribution in [2.75, 3.05) is 0 Å². The van der Waals surface area contributed by atoms with Gasteiger partial charge in [-0.15, -0.1) is 0 Å². The van der Waals surface area contributed by atoms with Crippen LogP contribution in [0.1, 0.15) is 51.4 Å². The summed E-state index contributed by atoms with van der Waals surface area (Å²) in [5.41, 5.74) is 5.98. The summed E-state index contributed by atoms with van der Waals surface area (Å²) in [7, 11) is 0. The molecule has 0 aromatic heterocycles. The van der Waals surface area contributed by atoms with Crippen LogP contribution >= 0.6 is 0 Å². The molecule has 14 heavy (non-hydrogen) atoms. The molecule has 0 saturated heterocycles. The number of hydrogen-bond donors (Lipinski definition) is 1. The van der Waals surface area contributed by atoms with Crippen molar-refractivity contribution in [3.05, 3.63) is 0 Å². The van der Waals surface area contributed by atoms with Crippen molar-refractivity contribution >= 4 is 0 Å². The molecule has 3 atom stereocenters. The van der Waals surface area contributed by atoms with Crippen LogP contribution in [0.4, 0.5) is 4.39 Å². The monoisotopic (exact) mass is 199 g/mol. The summed E-state index contributed by atoms with van der Waals surface area (Å²) in [6.07, 6.45) is 8.84. The lowest BCUT2D eigenvalue weighted by Crippen LogP contribution is -2.45. The Kier molecular flexibility index (Phi) is 3.42. The highest BCUT2D eigenvalue weighted by molar-refractivity contribution is 4.89. The van der Waals surface area contributed by atoms with Gasteiger partial charge in [-0.3, -0.25) is 0 Å². The third kappa shape index (κ3) is 2.10. The molecule has 0 aromatic carbocycles. The normalized spacial score (nSPS) is 41.1. The Morgan fingerprint density at radius 1 is 0.857 bits per heavy atom. The zero-order chi connectivity index (χ0) is 9.97. The van der Waals surface area contributed by atoms with Crippen molar-refractivity contribution in [2.45, 2.75) is 63.6 Å². The zero-order valence-electron chi connectivity index (χ0n) is 8.92. The van der Waals surface area contributed by atoms with Crippen LogP contribution in [0, 0.1) is 11.8 Å². The summed E-state index contributed by atoms with van der Waals surface area (Å²) in [4.78, 5) is 0. The zero-order valence-corrected chi connectivity index (χ0v) is 8.92. The summed E-state index contributed by atoms with van der Waals surface area (Å²) in [6.45, 7) is 0. The minimum absolute atomic E-state index is 0.160. The summed E-state index contributed by atoms with van der Waals surface area (Å²) >= 11 is 0. The van der Waals surface area contributed by atoms with Crippen LogP contribution in [-0.2, 0) is 0 Å². The molecule has 2 heteroatoms. The van der Waals surface area contributed by atoms with Crippen molar-refractivity contribution in [1.29, 1.82) is 0 Å². The molecule has 2 saturated carbocycles. The van der Waals surface area contributed by atoms with E-state index in [1.807, 2.05) is 0 Å². The number of hydrogen-bond acceptors (Lipinski definition) is 1. The first kappa shape index (κ1) is 10.4. The van der Waals surface area contributed by atoms with E-state index in [-0.39, 0.29) is 6.04 Å². The van der Waals surface area contributed by atoms with Gasteiger partial charge in [0, 0.05) is 6.04 Å². The Balaban J connectivity index is 1.93. The molecule has 0 amide bonds. The second-order valence-corrected chi connectivity index (χ2v) is 5.09. The summed E-state index contributed by atoms with van der Waals surface area (Å²) in [5.74, 6) is 1.22. The summed E-state index contributed by atoms with van der Waals surface area (Å²) in [6, 6.07) is -0.160. The van der Waals surface area contributed by atoms with Gasteiger partial charge in [-0.25, -0.2) is 4.39 Å². The average molecular weight is 199 g/mol. The second-order valence-electron chi connectivity index (χ2n) is 5.09. The van der Waals surface area contributed by atoms with E-state index in [0.29, 0.717) is 12.3 Å². The molecule has 0 bridgehead atoms. The number of nitrogens with two attached hydrogens (primary N) is 1. The lowest BCUT2D eigenvalue weighted by Gasteiger charge is -2.38. The Hall–Kier alpha value is -0.110. The fourth-order valence-electron chi connectivity index (χ4n) is 3.31. The van der Waals surface area contributed by atoms with Gasteiger partial charge in [0.2, 0.25) is 0 Å². The molecule has 2 aliphatic carbocycles. The minimum atomic E-state index is -0.726. The molecule has 2 rings (SSSR count). The Morgan fingerprint density at radius 3 is 2.29 bits per heavy atom. The number of alkyl halides is 1. The van der Waals surface area contributed by atoms with Gasteiger partial charge in [0.25, 0.3) is 0 Å². The molecular formula is C12H22FN. The topological polar surface area (TPSA) is 26.0 Å². The Bertz CT molecular complexity index is 177. The highest BCUT2D eigenvalue weighted by Crippen LogP contribution is 2.38. The van der Waals surface area contributed by atoms with E-state index < -0.39 is 6.17 Å². The lowest BCUT2D eigenvalue weighted by atomic mass is 9.70. The van der Waals surface area contributed by atoms with Crippen molar-refractivity contribution in [1.82, 2.24) is 0 Å². The molecule has 0 spiro atoms. The highest BCUT2D eigenvalue weighted by Gasteiger charge is 2.35. The predicted molar refractivity (Wildman–Crippen MR) is 56.8 cm³/mol. The lowest BCUT2D eigenvalue weighted by molar-refractivity contribution is 0.103. The molecule has 1 nitrogen and oxygen atoms in total. The predicted octanol–water partition coefficient (Wildman–Crippen LogP) is 3.03. The fourth-order valence-corrected chi connectivity index (χ4v) is 3.31. The van der Waals surface area contributed by atoms with Crippen LogP contribution in [0.25, 0.3) is 0 Å². The van der Waals surface area contributed by atoms with Gasteiger partial charge < -0.3 is 5.73 Å². The maximum Gasteiger partial charge on any atom is 0.115 e. The van der Waals surface area contributed by atoms with E-state index in [1.54, 1.807) is 0 Å². The molecule has 2 aliphatic rings. The molecule has 0 aliphatic heterocycles. The first-order valence-electron chi connectivity index (χ1n) is 6.18. The van der Waals surface area contributed by atoms with Crippen LogP contribution in [0.2, 0.25) is 0 Å². The van der Waals surface area contributed by atoms with Crippen LogP contribution < -0.4 is 5.73 Å². The maximum atomic E-state index is 13.5. The van der Waals surface area contributed by atoms with Crippen molar-refractivity contribution < 1.29 is 4.39 Å². The average Bonchev–Trinajstić information content (AvgIpc) is 2.23. The van der Waals surface area contributed by atoms with Crippen LogP contribution in [-0.4, -0.2) is 12.2 Å². The SMILES string of the molecule is NC1C(F)CCCC1C1CCCCC1. The first-order valence-corrected chi connectivity index (χ1v) is 6.18. The van der Waals surface area contributed by atoms with E-state index in [1.165, 1.54) is 38.5 Å². The van der Waals surface area contributed by atoms with E-state index in [9.17, 15) is 4.39 Å². The molecule has 3 unspecified atom stereocenters. The van der Waals surface area contributed by atoms with E-state index in [2.05, 4.69) is 0 Å². The third-order valence-corrected chi connectivity index (χ3v) is 4.18. The minimum Gasteiger partial charge on any atom is -0.325 e. The standard InChI is InChI=1S/C12H22FN/c13-11-8-4-7-10(12(11)14)9-5-2-1-3-6-9/h9-12H,1-8,14H2. The smallest absolute Gasteiger partial charge is 0.115 e. The first-order chi connectivity index (χ1) is 6.79. The van der Waals surface area contributed by atoms with E-state index in [0.717, 1.165) is 12.3 Å². The number of halogens is 1. The van der Waals surface area contributed by atoms with Gasteiger partial charge in [0.1, 0.15) is 6.17 Å². The van der Waals surface area contributed by atoms with Gasteiger partial charge >= 0.3 is 0 Å². The molecule has 0 radical (unpaired) electrons.